The van der Waals surface area contributed by atoms with E-state index in [4.69, 9.17) is 0 Å². The molecule has 0 amide bonds. The lowest BCUT2D eigenvalue weighted by Crippen LogP contribution is -2.61. The van der Waals surface area contributed by atoms with Crippen molar-refractivity contribution in [3.63, 3.8) is 0 Å². The van der Waals surface area contributed by atoms with Crippen LogP contribution in [-0.2, 0) is 0 Å². The van der Waals surface area contributed by atoms with Crippen molar-refractivity contribution in [2.45, 2.75) is 51.4 Å². The van der Waals surface area contributed by atoms with Gasteiger partial charge in [0.05, 0.1) is 24.0 Å². The van der Waals surface area contributed by atoms with Crippen LogP contribution in [0.4, 0.5) is 0 Å². The van der Waals surface area contributed by atoms with Crippen LogP contribution < -0.4 is 0 Å². The fourth-order valence-electron chi connectivity index (χ4n) is 8.09. The Morgan fingerprint density at radius 3 is 1.54 bits per heavy atom. The van der Waals surface area contributed by atoms with E-state index < -0.39 is 0 Å². The minimum absolute atomic E-state index is 0.0243. The molecule has 10 atom stereocenters. The molecule has 126 valence electrons. The van der Waals surface area contributed by atoms with Crippen molar-refractivity contribution in [1.29, 1.82) is 10.5 Å². The third-order valence-electron chi connectivity index (χ3n) is 8.78. The van der Waals surface area contributed by atoms with E-state index in [1.807, 2.05) is 0 Å². The summed E-state index contributed by atoms with van der Waals surface area (Å²) in [7, 11) is 0. The molecule has 6 aliphatic rings. The first kappa shape index (κ1) is 15.0. The third-order valence-corrected chi connectivity index (χ3v) is 8.78. The van der Waals surface area contributed by atoms with Crippen LogP contribution in [0.2, 0.25) is 0 Å². The number of hydrogen-bond donors (Lipinski definition) is 0. The van der Waals surface area contributed by atoms with Crippen molar-refractivity contribution in [1.82, 2.24) is 0 Å². The summed E-state index contributed by atoms with van der Waals surface area (Å²) in [5.74, 6) is 5.85. The molecule has 2 heteroatoms. The van der Waals surface area contributed by atoms with Gasteiger partial charge in [-0.2, -0.15) is 10.5 Å². The number of allylic oxidation sites excluding steroid dienone is 2. The van der Waals surface area contributed by atoms with Gasteiger partial charge in [-0.05, 0) is 85.9 Å². The molecule has 10 unspecified atom stereocenters. The standard InChI is InChI=1S/C22H28N2/c23-11-19-20(12-24)22-16-8-4-3-7-15(16)21(19)17-9-13-5-1-2-6-14(13)10-18(17)22/h1-2,13-22H,3-10H2. The van der Waals surface area contributed by atoms with Crippen molar-refractivity contribution in [2.75, 3.05) is 0 Å². The highest BCUT2D eigenvalue weighted by atomic mass is 14.7. The minimum Gasteiger partial charge on any atom is -0.198 e. The summed E-state index contributed by atoms with van der Waals surface area (Å²) in [6.07, 6.45) is 15.4. The summed E-state index contributed by atoms with van der Waals surface area (Å²) in [6.45, 7) is 0. The lowest BCUT2D eigenvalue weighted by Gasteiger charge is -2.65. The van der Waals surface area contributed by atoms with Crippen LogP contribution in [0.5, 0.6) is 0 Å². The molecule has 0 aliphatic heterocycles. The van der Waals surface area contributed by atoms with Gasteiger partial charge in [-0.25, -0.2) is 0 Å². The molecule has 0 N–H and O–H groups in total. The Hall–Kier alpha value is -1.28. The van der Waals surface area contributed by atoms with E-state index in [0.717, 1.165) is 35.5 Å². The van der Waals surface area contributed by atoms with Crippen molar-refractivity contribution in [3.05, 3.63) is 12.2 Å². The van der Waals surface area contributed by atoms with Gasteiger partial charge in [-0.15, -0.1) is 0 Å². The second-order valence-electron chi connectivity index (χ2n) is 9.34. The fourth-order valence-corrected chi connectivity index (χ4v) is 8.09. The van der Waals surface area contributed by atoms with Crippen LogP contribution >= 0.6 is 0 Å². The fraction of sp³-hybridized carbons (Fsp3) is 0.818. The second-order valence-corrected chi connectivity index (χ2v) is 9.34. The highest BCUT2D eigenvalue weighted by molar-refractivity contribution is 5.19. The van der Waals surface area contributed by atoms with Gasteiger partial charge in [0.15, 0.2) is 0 Å². The summed E-state index contributed by atoms with van der Waals surface area (Å²) in [5, 5.41) is 19.8. The highest BCUT2D eigenvalue weighted by Gasteiger charge is 2.63. The van der Waals surface area contributed by atoms with Gasteiger partial charge >= 0.3 is 0 Å². The van der Waals surface area contributed by atoms with E-state index >= 15 is 0 Å². The average molecular weight is 320 g/mol. The summed E-state index contributed by atoms with van der Waals surface area (Å²) < 4.78 is 0. The predicted molar refractivity (Wildman–Crippen MR) is 92.2 cm³/mol. The second kappa shape index (κ2) is 5.62. The molecule has 0 aromatic heterocycles. The van der Waals surface area contributed by atoms with E-state index in [-0.39, 0.29) is 11.8 Å². The Kier molecular flexibility index (Phi) is 3.52. The van der Waals surface area contributed by atoms with E-state index in [1.165, 1.54) is 51.4 Å². The molecule has 6 aliphatic carbocycles. The van der Waals surface area contributed by atoms with Gasteiger partial charge < -0.3 is 0 Å². The maximum Gasteiger partial charge on any atom is 0.0672 e. The monoisotopic (exact) mass is 320 g/mol. The van der Waals surface area contributed by atoms with Gasteiger partial charge in [0.1, 0.15) is 0 Å². The molecule has 2 nitrogen and oxygen atoms in total. The summed E-state index contributed by atoms with van der Waals surface area (Å²) in [5.41, 5.74) is 0. The third kappa shape index (κ3) is 1.92. The van der Waals surface area contributed by atoms with E-state index in [9.17, 15) is 10.5 Å². The average Bonchev–Trinajstić information content (AvgIpc) is 2.65. The Bertz CT molecular complexity index is 569. The molecule has 5 fully saturated rings. The quantitative estimate of drug-likeness (QED) is 0.593. The summed E-state index contributed by atoms with van der Waals surface area (Å²) in [4.78, 5) is 0. The molecule has 0 aromatic rings. The van der Waals surface area contributed by atoms with E-state index in [0.29, 0.717) is 11.8 Å². The smallest absolute Gasteiger partial charge is 0.0672 e. The van der Waals surface area contributed by atoms with Crippen molar-refractivity contribution >= 4 is 0 Å². The lowest BCUT2D eigenvalue weighted by molar-refractivity contribution is -0.164. The van der Waals surface area contributed by atoms with Crippen LogP contribution in [0.3, 0.4) is 0 Å². The van der Waals surface area contributed by atoms with Crippen molar-refractivity contribution in [3.8, 4) is 12.1 Å². The maximum absolute atomic E-state index is 9.92. The zero-order valence-corrected chi connectivity index (χ0v) is 14.5. The normalized spacial score (nSPS) is 54.8. The zero-order chi connectivity index (χ0) is 16.3. The molecule has 6 rings (SSSR count). The molecular weight excluding hydrogens is 292 g/mol. The molecule has 2 bridgehead atoms. The van der Waals surface area contributed by atoms with Gasteiger partial charge in [-0.1, -0.05) is 25.0 Å². The molecule has 0 heterocycles. The highest BCUT2D eigenvalue weighted by Crippen LogP contribution is 2.67. The number of rotatable bonds is 0. The van der Waals surface area contributed by atoms with Gasteiger partial charge in [-0.3, -0.25) is 0 Å². The van der Waals surface area contributed by atoms with Crippen LogP contribution in [0.25, 0.3) is 0 Å². The molecular formula is C22H28N2. The number of nitriles is 2. The first-order chi connectivity index (χ1) is 11.8. The Morgan fingerprint density at radius 1 is 0.667 bits per heavy atom. The lowest BCUT2D eigenvalue weighted by atomic mass is 9.38. The SMILES string of the molecule is N#CC1C(C#N)C2C3CCCCC3C1C1CC3CC=CCC3CC12. The molecule has 5 saturated carbocycles. The first-order valence-electron chi connectivity index (χ1n) is 10.3. The Labute approximate surface area is 145 Å². The van der Waals surface area contributed by atoms with Gasteiger partial charge in [0.25, 0.3) is 0 Å². The van der Waals surface area contributed by atoms with Gasteiger partial charge in [0.2, 0.25) is 0 Å². The molecule has 0 aromatic carbocycles. The Morgan fingerprint density at radius 2 is 1.12 bits per heavy atom. The zero-order valence-electron chi connectivity index (χ0n) is 14.5. The molecule has 0 radical (unpaired) electrons. The van der Waals surface area contributed by atoms with E-state index in [1.54, 1.807) is 0 Å². The molecule has 24 heavy (non-hydrogen) atoms. The summed E-state index contributed by atoms with van der Waals surface area (Å²) in [6, 6.07) is 5.28. The number of hydrogen-bond acceptors (Lipinski definition) is 2. The van der Waals surface area contributed by atoms with E-state index in [2.05, 4.69) is 24.3 Å². The Balaban J connectivity index is 1.55. The number of fused-ring (bicyclic) bond motifs is 2. The summed E-state index contributed by atoms with van der Waals surface area (Å²) >= 11 is 0. The van der Waals surface area contributed by atoms with Gasteiger partial charge in [0, 0.05) is 0 Å². The predicted octanol–water partition coefficient (Wildman–Crippen LogP) is 4.94. The van der Waals surface area contributed by atoms with Crippen molar-refractivity contribution in [2.24, 2.45) is 59.2 Å². The van der Waals surface area contributed by atoms with Crippen LogP contribution in [0.15, 0.2) is 12.2 Å². The first-order valence-corrected chi connectivity index (χ1v) is 10.3. The number of nitrogens with zero attached hydrogens (tertiary/aromatic N) is 2. The molecule has 0 spiro atoms. The molecule has 0 saturated heterocycles. The minimum atomic E-state index is 0.0243. The maximum atomic E-state index is 9.92. The van der Waals surface area contributed by atoms with Crippen LogP contribution in [0.1, 0.15) is 51.4 Å². The van der Waals surface area contributed by atoms with Crippen LogP contribution in [-0.4, -0.2) is 0 Å². The topological polar surface area (TPSA) is 47.6 Å². The van der Waals surface area contributed by atoms with Crippen LogP contribution in [0, 0.1) is 81.8 Å². The van der Waals surface area contributed by atoms with Crippen molar-refractivity contribution < 1.29 is 0 Å². The largest absolute Gasteiger partial charge is 0.198 e.